The van der Waals surface area contributed by atoms with Crippen LogP contribution in [0.3, 0.4) is 0 Å². The van der Waals surface area contributed by atoms with Crippen molar-refractivity contribution < 1.29 is 19.4 Å². The van der Waals surface area contributed by atoms with Crippen LogP contribution in [0.5, 0.6) is 5.75 Å². The number of aliphatic hydroxyl groups excluding tert-OH is 1. The number of ketones is 1. The summed E-state index contributed by atoms with van der Waals surface area (Å²) in [6, 6.07) is 17.5. The van der Waals surface area contributed by atoms with Gasteiger partial charge < -0.3 is 14.7 Å². The molecule has 0 saturated carbocycles. The molecule has 2 heterocycles. The van der Waals surface area contributed by atoms with Crippen LogP contribution in [0, 0.1) is 0 Å². The van der Waals surface area contributed by atoms with E-state index in [1.807, 2.05) is 24.3 Å². The second-order valence-corrected chi connectivity index (χ2v) is 8.73. The summed E-state index contributed by atoms with van der Waals surface area (Å²) >= 11 is 0. The molecule has 1 aliphatic heterocycles. The third-order valence-corrected chi connectivity index (χ3v) is 6.06. The predicted octanol–water partition coefficient (Wildman–Crippen LogP) is 5.39. The molecule has 1 aliphatic rings. The minimum Gasteiger partial charge on any atom is -0.507 e. The molecule has 1 saturated heterocycles. The molecule has 0 radical (unpaired) electrons. The van der Waals surface area contributed by atoms with Crippen molar-refractivity contribution in [3.8, 4) is 5.75 Å². The number of carbonyl (C=O) groups is 2. The lowest BCUT2D eigenvalue weighted by atomic mass is 9.93. The van der Waals surface area contributed by atoms with E-state index in [1.54, 1.807) is 54.9 Å². The summed E-state index contributed by atoms with van der Waals surface area (Å²) in [6.45, 7) is 8.41. The summed E-state index contributed by atoms with van der Waals surface area (Å²) in [5, 5.41) is 11.2. The van der Waals surface area contributed by atoms with Crippen molar-refractivity contribution in [2.45, 2.75) is 32.4 Å². The first kappa shape index (κ1) is 24.0. The van der Waals surface area contributed by atoms with E-state index in [9.17, 15) is 14.7 Å². The fourth-order valence-corrected chi connectivity index (χ4v) is 4.16. The maximum atomic E-state index is 13.2. The number of amides is 1. The Morgan fingerprint density at radius 1 is 1.06 bits per heavy atom. The zero-order valence-electron chi connectivity index (χ0n) is 19.8. The number of aliphatic hydroxyl groups is 1. The average molecular weight is 469 g/mol. The maximum Gasteiger partial charge on any atom is 0.295 e. The van der Waals surface area contributed by atoms with Gasteiger partial charge in [-0.2, -0.15) is 0 Å². The van der Waals surface area contributed by atoms with E-state index in [0.29, 0.717) is 23.8 Å². The monoisotopic (exact) mass is 468 g/mol. The molecule has 1 atom stereocenters. The second-order valence-electron chi connectivity index (χ2n) is 8.73. The van der Waals surface area contributed by atoms with Crippen molar-refractivity contribution in [1.82, 2.24) is 9.88 Å². The summed E-state index contributed by atoms with van der Waals surface area (Å²) in [4.78, 5) is 31.9. The third kappa shape index (κ3) is 5.01. The van der Waals surface area contributed by atoms with Gasteiger partial charge in [-0.15, -0.1) is 0 Å². The molecule has 0 aliphatic carbocycles. The number of rotatable bonds is 8. The zero-order valence-corrected chi connectivity index (χ0v) is 19.8. The Morgan fingerprint density at radius 2 is 1.71 bits per heavy atom. The number of carbonyl (C=O) groups excluding carboxylic acids is 2. The molecule has 1 aromatic heterocycles. The normalized spacial score (nSPS) is 17.1. The maximum absolute atomic E-state index is 13.2. The van der Waals surface area contributed by atoms with E-state index in [4.69, 9.17) is 4.74 Å². The molecule has 6 heteroatoms. The smallest absolute Gasteiger partial charge is 0.295 e. The van der Waals surface area contributed by atoms with E-state index < -0.39 is 17.7 Å². The van der Waals surface area contributed by atoms with Gasteiger partial charge >= 0.3 is 0 Å². The van der Waals surface area contributed by atoms with Crippen LogP contribution in [0.15, 0.2) is 91.3 Å². The van der Waals surface area contributed by atoms with Gasteiger partial charge in [0, 0.05) is 24.5 Å². The molecule has 35 heavy (non-hydrogen) atoms. The summed E-state index contributed by atoms with van der Waals surface area (Å²) in [6.07, 6.45) is 4.94. The van der Waals surface area contributed by atoms with E-state index >= 15 is 0 Å². The summed E-state index contributed by atoms with van der Waals surface area (Å²) in [7, 11) is 0. The van der Waals surface area contributed by atoms with Crippen LogP contribution in [0.2, 0.25) is 0 Å². The second kappa shape index (κ2) is 10.4. The fourth-order valence-electron chi connectivity index (χ4n) is 4.16. The van der Waals surface area contributed by atoms with Gasteiger partial charge in [0.2, 0.25) is 0 Å². The number of pyridine rings is 1. The standard InChI is InChI=1S/C29H28N2O4/c1-4-17-35-24-11-9-23(10-12-24)27(32)25-26(22-7-5-21(6-8-22)19(2)3)31(29(34)28(25)33)18-20-13-15-30-16-14-20/h4-16,19,26,32H,1,17-18H2,2-3H3. The van der Waals surface area contributed by atoms with Crippen LogP contribution < -0.4 is 4.74 Å². The van der Waals surface area contributed by atoms with Crippen LogP contribution in [0.25, 0.3) is 5.76 Å². The SMILES string of the molecule is C=CCOc1ccc(C(O)=C2C(=O)C(=O)N(Cc3ccncc3)C2c2ccc(C(C)C)cc2)cc1. The van der Waals surface area contributed by atoms with Gasteiger partial charge in [0.25, 0.3) is 11.7 Å². The number of ether oxygens (including phenoxy) is 1. The fraction of sp³-hybridized carbons (Fsp3) is 0.207. The van der Waals surface area contributed by atoms with Crippen molar-refractivity contribution in [3.05, 3.63) is 114 Å². The Morgan fingerprint density at radius 3 is 2.31 bits per heavy atom. The highest BCUT2D eigenvalue weighted by Gasteiger charge is 2.46. The van der Waals surface area contributed by atoms with E-state index in [-0.39, 0.29) is 17.9 Å². The molecule has 4 rings (SSSR count). The first-order valence-electron chi connectivity index (χ1n) is 11.5. The molecule has 2 aromatic carbocycles. The molecule has 0 spiro atoms. The van der Waals surface area contributed by atoms with Crippen LogP contribution >= 0.6 is 0 Å². The van der Waals surface area contributed by atoms with Crippen LogP contribution in [-0.2, 0) is 16.1 Å². The quantitative estimate of drug-likeness (QED) is 0.207. The number of Topliss-reactive ketones (excluding diaryl/α,β-unsaturated/α-hetero) is 1. The first-order valence-corrected chi connectivity index (χ1v) is 11.5. The lowest BCUT2D eigenvalue weighted by molar-refractivity contribution is -0.140. The van der Waals surface area contributed by atoms with E-state index in [2.05, 4.69) is 25.4 Å². The molecule has 1 N–H and O–H groups in total. The molecule has 1 amide bonds. The largest absolute Gasteiger partial charge is 0.507 e. The minimum atomic E-state index is -0.721. The highest BCUT2D eigenvalue weighted by Crippen LogP contribution is 2.40. The molecule has 178 valence electrons. The van der Waals surface area contributed by atoms with Gasteiger partial charge in [-0.3, -0.25) is 14.6 Å². The Kier molecular flexibility index (Phi) is 7.11. The zero-order chi connectivity index (χ0) is 24.9. The van der Waals surface area contributed by atoms with E-state index in [1.165, 1.54) is 4.90 Å². The highest BCUT2D eigenvalue weighted by atomic mass is 16.5. The molecular weight excluding hydrogens is 440 g/mol. The summed E-state index contributed by atoms with van der Waals surface area (Å²) < 4.78 is 5.51. The number of nitrogens with zero attached hydrogens (tertiary/aromatic N) is 2. The van der Waals surface area contributed by atoms with Gasteiger partial charge in [0.1, 0.15) is 18.1 Å². The van der Waals surface area contributed by atoms with Crippen molar-refractivity contribution in [3.63, 3.8) is 0 Å². The highest BCUT2D eigenvalue weighted by molar-refractivity contribution is 6.46. The van der Waals surface area contributed by atoms with E-state index in [0.717, 1.165) is 16.7 Å². The minimum absolute atomic E-state index is 0.0705. The number of benzene rings is 2. The number of likely N-dealkylation sites (tertiary alicyclic amines) is 1. The van der Waals surface area contributed by atoms with Crippen molar-refractivity contribution in [2.24, 2.45) is 0 Å². The van der Waals surface area contributed by atoms with Gasteiger partial charge in [0.15, 0.2) is 0 Å². The average Bonchev–Trinajstić information content (AvgIpc) is 3.13. The Bertz CT molecular complexity index is 1250. The van der Waals surface area contributed by atoms with Crippen LogP contribution in [-0.4, -0.2) is 33.3 Å². The molecule has 6 nitrogen and oxygen atoms in total. The lowest BCUT2D eigenvalue weighted by Crippen LogP contribution is -2.29. The van der Waals surface area contributed by atoms with Gasteiger partial charge in [-0.25, -0.2) is 0 Å². The molecule has 3 aromatic rings. The molecule has 1 unspecified atom stereocenters. The van der Waals surface area contributed by atoms with Crippen LogP contribution in [0.4, 0.5) is 0 Å². The summed E-state index contributed by atoms with van der Waals surface area (Å²) in [5.74, 6) is -0.614. The number of hydrogen-bond acceptors (Lipinski definition) is 5. The third-order valence-electron chi connectivity index (χ3n) is 6.06. The van der Waals surface area contributed by atoms with Crippen LogP contribution in [0.1, 0.15) is 48.1 Å². The first-order chi connectivity index (χ1) is 16.9. The number of aromatic nitrogens is 1. The van der Waals surface area contributed by atoms with Gasteiger partial charge in [0.05, 0.1) is 11.6 Å². The number of hydrogen-bond donors (Lipinski definition) is 1. The molecule has 1 fully saturated rings. The molecular formula is C29H28N2O4. The van der Waals surface area contributed by atoms with Crippen molar-refractivity contribution >= 4 is 17.4 Å². The van der Waals surface area contributed by atoms with Crippen molar-refractivity contribution in [2.75, 3.05) is 6.61 Å². The van der Waals surface area contributed by atoms with Gasteiger partial charge in [-0.1, -0.05) is 50.8 Å². The topological polar surface area (TPSA) is 79.7 Å². The summed E-state index contributed by atoms with van der Waals surface area (Å²) in [5.41, 5.74) is 3.25. The Hall–Kier alpha value is -4.19. The lowest BCUT2D eigenvalue weighted by Gasteiger charge is -2.25. The Balaban J connectivity index is 1.79. The van der Waals surface area contributed by atoms with Crippen molar-refractivity contribution in [1.29, 1.82) is 0 Å². The molecule has 0 bridgehead atoms. The van der Waals surface area contributed by atoms with Gasteiger partial charge in [-0.05, 0) is 59.0 Å². The predicted molar refractivity (Wildman–Crippen MR) is 135 cm³/mol. The Labute approximate surface area is 205 Å².